The van der Waals surface area contributed by atoms with Crippen LogP contribution in [0.5, 0.6) is 0 Å². The molecule has 1 aromatic rings. The maximum Gasteiger partial charge on any atom is 0.329 e. The molecule has 6 nitrogen and oxygen atoms in total. The minimum Gasteiger partial charge on any atom is -0.480 e. The summed E-state index contributed by atoms with van der Waals surface area (Å²) in [6, 6.07) is 7.42. The van der Waals surface area contributed by atoms with Gasteiger partial charge in [-0.15, -0.1) is 0 Å². The van der Waals surface area contributed by atoms with Gasteiger partial charge in [-0.05, 0) is 25.5 Å². The van der Waals surface area contributed by atoms with Gasteiger partial charge in [-0.25, -0.2) is 9.59 Å². The van der Waals surface area contributed by atoms with Crippen LogP contribution >= 0.6 is 0 Å². The summed E-state index contributed by atoms with van der Waals surface area (Å²) in [6.45, 7) is 4.48. The number of carboxylic acids is 1. The lowest BCUT2D eigenvalue weighted by Crippen LogP contribution is -2.41. The van der Waals surface area contributed by atoms with Crippen molar-refractivity contribution in [1.29, 1.82) is 0 Å². The van der Waals surface area contributed by atoms with Gasteiger partial charge in [0.1, 0.15) is 6.61 Å². The Hall–Kier alpha value is -2.08. The first-order valence-corrected chi connectivity index (χ1v) is 6.46. The van der Waals surface area contributed by atoms with Crippen molar-refractivity contribution in [2.24, 2.45) is 0 Å². The minimum absolute atomic E-state index is 0.170. The van der Waals surface area contributed by atoms with Crippen LogP contribution in [0.1, 0.15) is 12.5 Å². The number of carbonyl (C=O) groups is 2. The van der Waals surface area contributed by atoms with Gasteiger partial charge in [-0.2, -0.15) is 0 Å². The predicted molar refractivity (Wildman–Crippen MR) is 76.1 cm³/mol. The zero-order chi connectivity index (χ0) is 15.0. The summed E-state index contributed by atoms with van der Waals surface area (Å²) in [5.74, 6) is -1.02. The molecule has 1 rings (SSSR count). The molecular formula is C14H20N2O4. The van der Waals surface area contributed by atoms with Gasteiger partial charge in [-0.1, -0.05) is 18.2 Å². The van der Waals surface area contributed by atoms with E-state index in [1.807, 2.05) is 38.1 Å². The maximum absolute atomic E-state index is 12.1. The molecule has 0 aliphatic heterocycles. The summed E-state index contributed by atoms with van der Waals surface area (Å²) >= 11 is 0. The SMILES string of the molecule is CCN(C(=O)NCCOCC(=O)O)c1ccccc1C. The normalized spacial score (nSPS) is 10.1. The van der Waals surface area contributed by atoms with Crippen LogP contribution in [0.3, 0.4) is 0 Å². The molecule has 1 aromatic carbocycles. The Bertz CT molecular complexity index is 462. The van der Waals surface area contributed by atoms with E-state index in [-0.39, 0.29) is 25.8 Å². The van der Waals surface area contributed by atoms with Crippen molar-refractivity contribution in [3.05, 3.63) is 29.8 Å². The fraction of sp³-hybridized carbons (Fsp3) is 0.429. The summed E-state index contributed by atoms with van der Waals surface area (Å²) in [6.07, 6.45) is 0. The Kier molecular flexibility index (Phi) is 6.52. The van der Waals surface area contributed by atoms with Crippen LogP contribution in [-0.2, 0) is 9.53 Å². The molecule has 0 aliphatic rings. The average Bonchev–Trinajstić information content (AvgIpc) is 2.41. The van der Waals surface area contributed by atoms with E-state index in [0.29, 0.717) is 6.54 Å². The number of carbonyl (C=O) groups excluding carboxylic acids is 1. The standard InChI is InChI=1S/C14H20N2O4/c1-3-16(12-7-5-4-6-11(12)2)14(19)15-8-9-20-10-13(17)18/h4-7H,3,8-10H2,1-2H3,(H,15,19)(H,17,18). The molecule has 0 fully saturated rings. The van der Waals surface area contributed by atoms with Gasteiger partial charge in [-0.3, -0.25) is 4.90 Å². The second kappa shape index (κ2) is 8.16. The summed E-state index contributed by atoms with van der Waals surface area (Å²) < 4.78 is 4.86. The molecule has 0 aliphatic carbocycles. The quantitative estimate of drug-likeness (QED) is 0.744. The molecule has 0 atom stereocenters. The molecule has 0 saturated carbocycles. The summed E-state index contributed by atoms with van der Waals surface area (Å²) in [5, 5.41) is 11.1. The first kappa shape index (κ1) is 16.0. The van der Waals surface area contributed by atoms with Gasteiger partial charge >= 0.3 is 12.0 Å². The topological polar surface area (TPSA) is 78.9 Å². The molecule has 0 bridgehead atoms. The Morgan fingerprint density at radius 1 is 1.35 bits per heavy atom. The summed E-state index contributed by atoms with van der Waals surface area (Å²) in [5.41, 5.74) is 1.88. The third-order valence-corrected chi connectivity index (χ3v) is 2.72. The molecule has 0 aromatic heterocycles. The van der Waals surface area contributed by atoms with Crippen LogP contribution < -0.4 is 10.2 Å². The van der Waals surface area contributed by atoms with Crippen molar-refractivity contribution < 1.29 is 19.4 Å². The van der Waals surface area contributed by atoms with Crippen molar-refractivity contribution >= 4 is 17.7 Å². The minimum atomic E-state index is -1.02. The summed E-state index contributed by atoms with van der Waals surface area (Å²) in [7, 11) is 0. The molecule has 0 radical (unpaired) electrons. The van der Waals surface area contributed by atoms with Gasteiger partial charge < -0.3 is 15.2 Å². The van der Waals surface area contributed by atoms with E-state index in [9.17, 15) is 9.59 Å². The molecule has 0 unspecified atom stereocenters. The molecule has 2 N–H and O–H groups in total. The van der Waals surface area contributed by atoms with E-state index >= 15 is 0 Å². The lowest BCUT2D eigenvalue weighted by Gasteiger charge is -2.23. The van der Waals surface area contributed by atoms with Crippen LogP contribution in [0.4, 0.5) is 10.5 Å². The molecule has 2 amide bonds. The highest BCUT2D eigenvalue weighted by Crippen LogP contribution is 2.18. The lowest BCUT2D eigenvalue weighted by molar-refractivity contribution is -0.142. The van der Waals surface area contributed by atoms with Crippen molar-refractivity contribution in [2.75, 3.05) is 31.2 Å². The molecule has 110 valence electrons. The number of para-hydroxylation sites is 1. The van der Waals surface area contributed by atoms with E-state index < -0.39 is 5.97 Å². The number of rotatable bonds is 7. The second-order valence-electron chi connectivity index (χ2n) is 4.21. The van der Waals surface area contributed by atoms with E-state index in [1.54, 1.807) is 4.90 Å². The average molecular weight is 280 g/mol. The highest BCUT2D eigenvalue weighted by Gasteiger charge is 2.14. The molecular weight excluding hydrogens is 260 g/mol. The number of amides is 2. The van der Waals surface area contributed by atoms with Gasteiger partial charge in [0.2, 0.25) is 0 Å². The number of anilines is 1. The fourth-order valence-corrected chi connectivity index (χ4v) is 1.77. The molecule has 0 saturated heterocycles. The third-order valence-electron chi connectivity index (χ3n) is 2.72. The number of aryl methyl sites for hydroxylation is 1. The Balaban J connectivity index is 2.48. The molecule has 0 spiro atoms. The first-order valence-electron chi connectivity index (χ1n) is 6.46. The third kappa shape index (κ3) is 4.89. The highest BCUT2D eigenvalue weighted by atomic mass is 16.5. The van der Waals surface area contributed by atoms with Crippen LogP contribution in [0.15, 0.2) is 24.3 Å². The van der Waals surface area contributed by atoms with Crippen molar-refractivity contribution in [3.8, 4) is 0 Å². The van der Waals surface area contributed by atoms with E-state index in [2.05, 4.69) is 5.32 Å². The van der Waals surface area contributed by atoms with Crippen LogP contribution in [0.25, 0.3) is 0 Å². The van der Waals surface area contributed by atoms with Crippen LogP contribution in [-0.4, -0.2) is 43.4 Å². The predicted octanol–water partition coefficient (Wildman–Crippen LogP) is 1.63. The monoisotopic (exact) mass is 280 g/mol. The molecule has 6 heteroatoms. The number of hydrogen-bond acceptors (Lipinski definition) is 3. The van der Waals surface area contributed by atoms with E-state index in [1.165, 1.54) is 0 Å². The Morgan fingerprint density at radius 2 is 2.05 bits per heavy atom. The van der Waals surface area contributed by atoms with E-state index in [0.717, 1.165) is 11.3 Å². The zero-order valence-electron chi connectivity index (χ0n) is 11.8. The maximum atomic E-state index is 12.1. The first-order chi connectivity index (χ1) is 9.56. The lowest BCUT2D eigenvalue weighted by atomic mass is 10.2. The van der Waals surface area contributed by atoms with Gasteiger partial charge in [0, 0.05) is 18.8 Å². The van der Waals surface area contributed by atoms with Crippen LogP contribution in [0, 0.1) is 6.92 Å². The highest BCUT2D eigenvalue weighted by molar-refractivity contribution is 5.92. The van der Waals surface area contributed by atoms with Crippen LogP contribution in [0.2, 0.25) is 0 Å². The number of benzene rings is 1. The van der Waals surface area contributed by atoms with Crippen molar-refractivity contribution in [3.63, 3.8) is 0 Å². The van der Waals surface area contributed by atoms with Gasteiger partial charge in [0.15, 0.2) is 0 Å². The Morgan fingerprint density at radius 3 is 2.65 bits per heavy atom. The fourth-order valence-electron chi connectivity index (χ4n) is 1.77. The number of urea groups is 1. The zero-order valence-corrected chi connectivity index (χ0v) is 11.8. The van der Waals surface area contributed by atoms with Crippen molar-refractivity contribution in [1.82, 2.24) is 5.32 Å². The van der Waals surface area contributed by atoms with Gasteiger partial charge in [0.25, 0.3) is 0 Å². The van der Waals surface area contributed by atoms with E-state index in [4.69, 9.17) is 9.84 Å². The molecule has 20 heavy (non-hydrogen) atoms. The number of ether oxygens (including phenoxy) is 1. The number of carboxylic acid groups (broad SMARTS) is 1. The number of hydrogen-bond donors (Lipinski definition) is 2. The number of aliphatic carboxylic acids is 1. The van der Waals surface area contributed by atoms with Gasteiger partial charge in [0.05, 0.1) is 6.61 Å². The van der Waals surface area contributed by atoms with Crippen molar-refractivity contribution in [2.45, 2.75) is 13.8 Å². The largest absolute Gasteiger partial charge is 0.480 e. The summed E-state index contributed by atoms with van der Waals surface area (Å²) in [4.78, 5) is 24.0. The Labute approximate surface area is 118 Å². The smallest absolute Gasteiger partial charge is 0.329 e. The number of nitrogens with one attached hydrogen (secondary N) is 1. The number of nitrogens with zero attached hydrogens (tertiary/aromatic N) is 1. The second-order valence-corrected chi connectivity index (χ2v) is 4.21. The molecule has 0 heterocycles.